The Morgan fingerprint density at radius 1 is 1.18 bits per heavy atom. The molecule has 2 heterocycles. The first-order valence-electron chi connectivity index (χ1n) is 9.88. The van der Waals surface area contributed by atoms with E-state index in [2.05, 4.69) is 22.2 Å². The van der Waals surface area contributed by atoms with Crippen LogP contribution in [0.4, 0.5) is 5.69 Å². The zero-order valence-corrected chi connectivity index (χ0v) is 16.9. The van der Waals surface area contributed by atoms with Crippen molar-refractivity contribution in [3.05, 3.63) is 30.4 Å². The van der Waals surface area contributed by atoms with Crippen LogP contribution >= 0.6 is 0 Å². The Labute approximate surface area is 166 Å². The Hall–Kier alpha value is -2.06. The van der Waals surface area contributed by atoms with Crippen molar-refractivity contribution >= 4 is 21.6 Å². The molecular formula is C20H27N3O4S. The van der Waals surface area contributed by atoms with E-state index >= 15 is 0 Å². The number of hydrogen-bond donors (Lipinski definition) is 2. The van der Waals surface area contributed by atoms with Crippen LogP contribution in [0.2, 0.25) is 0 Å². The van der Waals surface area contributed by atoms with Gasteiger partial charge in [0.25, 0.3) is 0 Å². The third kappa shape index (κ3) is 3.75. The molecule has 0 spiro atoms. The number of likely N-dealkylation sites (tertiary alicyclic amines) is 1. The first kappa shape index (κ1) is 19.3. The van der Waals surface area contributed by atoms with Crippen LogP contribution in [-0.4, -0.2) is 45.6 Å². The van der Waals surface area contributed by atoms with Gasteiger partial charge in [-0.1, -0.05) is 12.2 Å². The number of rotatable bonds is 3. The lowest BCUT2D eigenvalue weighted by Gasteiger charge is -2.39. The van der Waals surface area contributed by atoms with E-state index in [9.17, 15) is 13.2 Å². The maximum atomic E-state index is 12.7. The molecule has 2 atom stereocenters. The van der Waals surface area contributed by atoms with Gasteiger partial charge in [-0.15, -0.1) is 0 Å². The van der Waals surface area contributed by atoms with E-state index in [1.807, 2.05) is 4.90 Å². The molecule has 0 aromatic heterocycles. The Bertz CT molecular complexity index is 875. The molecule has 28 heavy (non-hydrogen) atoms. The van der Waals surface area contributed by atoms with Crippen molar-refractivity contribution in [1.29, 1.82) is 0 Å². The van der Waals surface area contributed by atoms with Crippen molar-refractivity contribution in [3.8, 4) is 5.75 Å². The number of anilines is 1. The number of nitrogens with one attached hydrogen (secondary N) is 2. The predicted molar refractivity (Wildman–Crippen MR) is 107 cm³/mol. The minimum absolute atomic E-state index is 0.104. The van der Waals surface area contributed by atoms with Crippen LogP contribution in [0, 0.1) is 11.8 Å². The van der Waals surface area contributed by atoms with Crippen LogP contribution in [0.3, 0.4) is 0 Å². The largest absolute Gasteiger partial charge is 0.497 e. The number of sulfonamides is 1. The molecule has 0 unspecified atom stereocenters. The summed E-state index contributed by atoms with van der Waals surface area (Å²) in [5, 5.41) is 3.32. The number of fused-ring (bicyclic) bond motifs is 1. The van der Waals surface area contributed by atoms with E-state index in [1.54, 1.807) is 25.3 Å². The van der Waals surface area contributed by atoms with Crippen molar-refractivity contribution < 1.29 is 17.9 Å². The first-order chi connectivity index (χ1) is 13.5. The van der Waals surface area contributed by atoms with Gasteiger partial charge in [-0.3, -0.25) is 4.79 Å². The fourth-order valence-electron chi connectivity index (χ4n) is 4.35. The smallest absolute Gasteiger partial charge is 0.244 e. The normalized spacial score (nSPS) is 27.0. The van der Waals surface area contributed by atoms with E-state index in [-0.39, 0.29) is 28.8 Å². The molecule has 1 saturated heterocycles. The van der Waals surface area contributed by atoms with Gasteiger partial charge in [-0.25, -0.2) is 8.42 Å². The van der Waals surface area contributed by atoms with Gasteiger partial charge in [0.05, 0.1) is 19.0 Å². The van der Waals surface area contributed by atoms with Gasteiger partial charge < -0.3 is 15.0 Å². The minimum atomic E-state index is -3.57. The Balaban J connectivity index is 1.42. The molecule has 1 aromatic carbocycles. The summed E-state index contributed by atoms with van der Waals surface area (Å²) in [5.41, 5.74) is 0.565. The maximum Gasteiger partial charge on any atom is 0.244 e. The third-order valence-corrected chi connectivity index (χ3v) is 7.51. The number of benzene rings is 1. The van der Waals surface area contributed by atoms with Gasteiger partial charge in [0.2, 0.25) is 15.9 Å². The number of carbonyl (C=O) groups is 1. The Kier molecular flexibility index (Phi) is 5.33. The average Bonchev–Trinajstić information content (AvgIpc) is 2.73. The van der Waals surface area contributed by atoms with Gasteiger partial charge in [0.1, 0.15) is 10.6 Å². The van der Waals surface area contributed by atoms with Crippen LogP contribution in [0.1, 0.15) is 32.1 Å². The summed E-state index contributed by atoms with van der Waals surface area (Å²) in [7, 11) is -2.01. The van der Waals surface area contributed by atoms with Crippen molar-refractivity contribution in [2.24, 2.45) is 11.8 Å². The molecule has 4 rings (SSSR count). The SMILES string of the molecule is COc1ccc2c(c1)N[C@@H](C1CCN(C(=O)[C@@H]3CC=CCC3)CC1)NS2(=O)=O. The summed E-state index contributed by atoms with van der Waals surface area (Å²) in [4.78, 5) is 14.9. The third-order valence-electron chi connectivity index (χ3n) is 6.01. The van der Waals surface area contributed by atoms with E-state index in [1.165, 1.54) is 0 Å². The lowest BCUT2D eigenvalue weighted by atomic mass is 9.90. The number of allylic oxidation sites excluding steroid dienone is 2. The molecule has 2 aliphatic heterocycles. The summed E-state index contributed by atoms with van der Waals surface area (Å²) in [6, 6.07) is 4.92. The molecule has 1 amide bonds. The molecule has 2 N–H and O–H groups in total. The Morgan fingerprint density at radius 2 is 1.96 bits per heavy atom. The van der Waals surface area contributed by atoms with E-state index < -0.39 is 10.0 Å². The van der Waals surface area contributed by atoms with Crippen LogP contribution < -0.4 is 14.8 Å². The van der Waals surface area contributed by atoms with E-state index in [0.29, 0.717) is 24.5 Å². The van der Waals surface area contributed by atoms with Gasteiger partial charge >= 0.3 is 0 Å². The van der Waals surface area contributed by atoms with E-state index in [4.69, 9.17) is 4.74 Å². The number of methoxy groups -OCH3 is 1. The number of piperidine rings is 1. The molecule has 8 heteroatoms. The summed E-state index contributed by atoms with van der Waals surface area (Å²) in [5.74, 6) is 1.09. The van der Waals surface area contributed by atoms with Crippen molar-refractivity contribution in [2.75, 3.05) is 25.5 Å². The van der Waals surface area contributed by atoms with Crippen LogP contribution in [-0.2, 0) is 14.8 Å². The number of nitrogens with zero attached hydrogens (tertiary/aromatic N) is 1. The van der Waals surface area contributed by atoms with Gasteiger partial charge in [0.15, 0.2) is 0 Å². The zero-order chi connectivity index (χ0) is 19.7. The summed E-state index contributed by atoms with van der Waals surface area (Å²) < 4.78 is 33.3. The monoisotopic (exact) mass is 405 g/mol. The highest BCUT2D eigenvalue weighted by atomic mass is 32.2. The molecule has 0 bridgehead atoms. The standard InChI is InChI=1S/C20H27N3O4S/c1-27-16-7-8-18-17(13-16)21-19(22-28(18,25)26)14-9-11-23(12-10-14)20(24)15-5-3-2-4-6-15/h2-3,7-8,13-15,19,21-22H,4-6,9-12H2,1H3/t15-,19-/m1/s1. The van der Waals surface area contributed by atoms with Crippen LogP contribution in [0.5, 0.6) is 5.75 Å². The number of ether oxygens (including phenoxy) is 1. The number of carbonyl (C=O) groups excluding carboxylic acids is 1. The second-order valence-electron chi connectivity index (χ2n) is 7.75. The van der Waals surface area contributed by atoms with E-state index in [0.717, 1.165) is 32.1 Å². The maximum absolute atomic E-state index is 12.7. The van der Waals surface area contributed by atoms with Crippen molar-refractivity contribution in [1.82, 2.24) is 9.62 Å². The molecule has 0 radical (unpaired) electrons. The molecule has 152 valence electrons. The topological polar surface area (TPSA) is 87.7 Å². The average molecular weight is 406 g/mol. The number of amides is 1. The number of hydrogen-bond acceptors (Lipinski definition) is 5. The molecule has 0 saturated carbocycles. The second-order valence-corrected chi connectivity index (χ2v) is 9.43. The summed E-state index contributed by atoms with van der Waals surface area (Å²) in [6.45, 7) is 1.35. The molecular weight excluding hydrogens is 378 g/mol. The van der Waals surface area contributed by atoms with Gasteiger partial charge in [0, 0.05) is 25.1 Å². The lowest BCUT2D eigenvalue weighted by molar-refractivity contribution is -0.137. The Morgan fingerprint density at radius 3 is 2.64 bits per heavy atom. The first-order valence-corrected chi connectivity index (χ1v) is 11.4. The van der Waals surface area contributed by atoms with Crippen LogP contribution in [0.15, 0.2) is 35.2 Å². The summed E-state index contributed by atoms with van der Waals surface area (Å²) >= 11 is 0. The molecule has 7 nitrogen and oxygen atoms in total. The van der Waals surface area contributed by atoms with Gasteiger partial charge in [-0.2, -0.15) is 4.72 Å². The lowest BCUT2D eigenvalue weighted by Crippen LogP contribution is -2.52. The minimum Gasteiger partial charge on any atom is -0.497 e. The fourth-order valence-corrected chi connectivity index (χ4v) is 5.72. The highest BCUT2D eigenvalue weighted by Crippen LogP contribution is 2.34. The molecule has 1 aromatic rings. The molecule has 3 aliphatic rings. The highest BCUT2D eigenvalue weighted by molar-refractivity contribution is 7.89. The molecule has 1 aliphatic carbocycles. The molecule has 1 fully saturated rings. The van der Waals surface area contributed by atoms with Crippen molar-refractivity contribution in [2.45, 2.75) is 43.2 Å². The van der Waals surface area contributed by atoms with Crippen LogP contribution in [0.25, 0.3) is 0 Å². The highest BCUT2D eigenvalue weighted by Gasteiger charge is 2.37. The van der Waals surface area contributed by atoms with Crippen molar-refractivity contribution in [3.63, 3.8) is 0 Å². The second kappa shape index (κ2) is 7.75. The fraction of sp³-hybridized carbons (Fsp3) is 0.550. The summed E-state index contributed by atoms with van der Waals surface area (Å²) in [6.07, 6.45) is 8.15. The van der Waals surface area contributed by atoms with Gasteiger partial charge in [-0.05, 0) is 50.2 Å². The zero-order valence-electron chi connectivity index (χ0n) is 16.1. The predicted octanol–water partition coefficient (Wildman–Crippen LogP) is 2.32. The quantitative estimate of drug-likeness (QED) is 0.754.